The van der Waals surface area contributed by atoms with Crippen molar-refractivity contribution in [1.29, 1.82) is 0 Å². The summed E-state index contributed by atoms with van der Waals surface area (Å²) in [5.74, 6) is 0.286. The van der Waals surface area contributed by atoms with Crippen molar-refractivity contribution in [2.45, 2.75) is 127 Å². The number of fused-ring (bicyclic) bond motifs is 4. The maximum Gasteiger partial charge on any atom is 0.164 e. The van der Waals surface area contributed by atoms with Crippen molar-refractivity contribution in [3.8, 4) is 22.4 Å². The van der Waals surface area contributed by atoms with Crippen LogP contribution in [0.1, 0.15) is 105 Å². The number of benzene rings is 4. The molecule has 6 aromatic rings. The Morgan fingerprint density at radius 2 is 1.40 bits per heavy atom. The Hall–Kier alpha value is -3.48. The first-order chi connectivity index (χ1) is 26.2. The third-order valence-electron chi connectivity index (χ3n) is 12.4. The second-order valence-electron chi connectivity index (χ2n) is 18.3. The standard InChI is InChI=1S/C35H35N2SSi.C15H28O2.Ir/c1-21-15-26(35(3,4)5)16-22(2)31(21)24-13-14-28-29(18-24)38-34-32(36-20-37-33(28)34)25-17-23-11-9-10-12-27(23)30(19-25)39(6,7)8;1-7-14(5,8-2)12(16)11-13(17)15(6,9-3)10-4;/h9-16,18-20H,1-8H3;11,16H,7-10H2,1-6H3;/q-1;;/b;12-11-;. The Labute approximate surface area is 361 Å². The van der Waals surface area contributed by atoms with E-state index in [1.165, 1.54) is 54.6 Å². The van der Waals surface area contributed by atoms with Crippen LogP contribution in [0.15, 0.2) is 78.8 Å². The molecular formula is C50H63IrN2O2SSi-. The Balaban J connectivity index is 0.000000341. The van der Waals surface area contributed by atoms with Gasteiger partial charge in [0.1, 0.15) is 12.1 Å². The number of carbonyl (C=O) groups excluding carboxylic acids is 1. The molecule has 4 nitrogen and oxygen atoms in total. The molecule has 0 unspecified atom stereocenters. The second-order valence-corrected chi connectivity index (χ2v) is 24.4. The summed E-state index contributed by atoms with van der Waals surface area (Å²) in [6.07, 6.45) is 6.47. The molecule has 0 atom stereocenters. The minimum atomic E-state index is -1.59. The van der Waals surface area contributed by atoms with Gasteiger partial charge < -0.3 is 5.11 Å². The number of carbonyl (C=O) groups is 1. The minimum Gasteiger partial charge on any atom is -0.512 e. The summed E-state index contributed by atoms with van der Waals surface area (Å²) in [5.41, 5.74) is 9.23. The average molecular weight is 976 g/mol. The van der Waals surface area contributed by atoms with Gasteiger partial charge >= 0.3 is 0 Å². The number of ketones is 1. The molecule has 305 valence electrons. The van der Waals surface area contributed by atoms with Gasteiger partial charge in [-0.05, 0) is 78.8 Å². The van der Waals surface area contributed by atoms with Gasteiger partial charge in [-0.25, -0.2) is 4.98 Å². The molecule has 2 aromatic heterocycles. The summed E-state index contributed by atoms with van der Waals surface area (Å²) in [6.45, 7) is 30.6. The summed E-state index contributed by atoms with van der Waals surface area (Å²) in [6, 6.07) is 26.2. The fraction of sp³-hybridized carbons (Fsp3) is 0.420. The van der Waals surface area contributed by atoms with Crippen LogP contribution in [0.5, 0.6) is 0 Å². The smallest absolute Gasteiger partial charge is 0.164 e. The van der Waals surface area contributed by atoms with E-state index < -0.39 is 8.07 Å². The molecule has 0 amide bonds. The molecule has 1 N–H and O–H groups in total. The van der Waals surface area contributed by atoms with Crippen LogP contribution in [-0.4, -0.2) is 28.9 Å². The van der Waals surface area contributed by atoms with E-state index in [0.717, 1.165) is 52.5 Å². The Morgan fingerprint density at radius 1 is 0.807 bits per heavy atom. The first kappa shape index (κ1) is 46.2. The quantitative estimate of drug-likeness (QED) is 0.0643. The summed E-state index contributed by atoms with van der Waals surface area (Å²) in [4.78, 5) is 21.8. The van der Waals surface area contributed by atoms with Crippen LogP contribution < -0.4 is 5.19 Å². The van der Waals surface area contributed by atoms with Crippen LogP contribution in [0.4, 0.5) is 0 Å². The van der Waals surface area contributed by atoms with Crippen LogP contribution >= 0.6 is 11.3 Å². The molecule has 0 aliphatic carbocycles. The number of aliphatic hydroxyl groups is 1. The minimum absolute atomic E-state index is 0. The molecule has 57 heavy (non-hydrogen) atoms. The van der Waals surface area contributed by atoms with E-state index in [1.54, 1.807) is 17.7 Å². The van der Waals surface area contributed by atoms with Gasteiger partial charge in [-0.1, -0.05) is 135 Å². The largest absolute Gasteiger partial charge is 0.512 e. The molecule has 6 rings (SSSR count). The molecule has 0 spiro atoms. The number of hydrogen-bond donors (Lipinski definition) is 1. The molecule has 1 radical (unpaired) electrons. The van der Waals surface area contributed by atoms with Crippen LogP contribution in [0.3, 0.4) is 0 Å². The van der Waals surface area contributed by atoms with Crippen molar-refractivity contribution in [3.05, 3.63) is 102 Å². The van der Waals surface area contributed by atoms with E-state index in [0.29, 0.717) is 0 Å². The van der Waals surface area contributed by atoms with Crippen LogP contribution in [-0.2, 0) is 30.3 Å². The van der Waals surface area contributed by atoms with Gasteiger partial charge in [0.25, 0.3) is 0 Å². The van der Waals surface area contributed by atoms with E-state index in [4.69, 9.17) is 9.97 Å². The SMILES string of the molecule is CCC(C)(CC)C(=O)/C=C(\O)C(C)(CC)CC.Cc1cc(C(C)(C)C)cc(C)c1-c1ccc2c(c1)sc1c(-c3[c-]c4ccccc4c([Si](C)(C)C)c3)ncnc12.[Ir]. The molecule has 0 aliphatic heterocycles. The summed E-state index contributed by atoms with van der Waals surface area (Å²) in [5, 5.41) is 15.2. The number of allylic oxidation sites excluding steroid dienone is 2. The molecule has 0 saturated heterocycles. The zero-order valence-electron chi connectivity index (χ0n) is 36.7. The fourth-order valence-electron chi connectivity index (χ4n) is 7.44. The molecule has 0 bridgehead atoms. The Morgan fingerprint density at radius 3 is 1.96 bits per heavy atom. The van der Waals surface area contributed by atoms with Gasteiger partial charge in [0.05, 0.1) is 13.6 Å². The van der Waals surface area contributed by atoms with Gasteiger partial charge in [-0.3, -0.25) is 9.78 Å². The first-order valence-corrected chi connectivity index (χ1v) is 24.7. The summed E-state index contributed by atoms with van der Waals surface area (Å²) in [7, 11) is -1.59. The Kier molecular flexibility index (Phi) is 14.4. The number of thiophene rings is 1. The van der Waals surface area contributed by atoms with Crippen LogP contribution in [0, 0.1) is 30.7 Å². The first-order valence-electron chi connectivity index (χ1n) is 20.4. The number of nitrogens with zero attached hydrogens (tertiary/aromatic N) is 2. The van der Waals surface area contributed by atoms with E-state index in [1.807, 2.05) is 41.5 Å². The van der Waals surface area contributed by atoms with Gasteiger partial charge in [0.2, 0.25) is 0 Å². The van der Waals surface area contributed by atoms with Gasteiger partial charge in [-0.2, -0.15) is 0 Å². The maximum absolute atomic E-state index is 12.2. The molecular weight excluding hydrogens is 913 g/mol. The van der Waals surface area contributed by atoms with Crippen molar-refractivity contribution in [2.24, 2.45) is 10.8 Å². The van der Waals surface area contributed by atoms with Crippen molar-refractivity contribution in [3.63, 3.8) is 0 Å². The van der Waals surface area contributed by atoms with E-state index in [-0.39, 0.29) is 47.9 Å². The molecule has 2 heterocycles. The summed E-state index contributed by atoms with van der Waals surface area (Å²) >= 11 is 1.80. The molecule has 0 aliphatic rings. The molecule has 0 fully saturated rings. The van der Waals surface area contributed by atoms with Gasteiger partial charge in [0.15, 0.2) is 5.78 Å². The second kappa shape index (κ2) is 17.8. The van der Waals surface area contributed by atoms with Gasteiger partial charge in [-0.15, -0.1) is 40.1 Å². The van der Waals surface area contributed by atoms with E-state index in [9.17, 15) is 9.90 Å². The number of rotatable bonds is 10. The third-order valence-corrected chi connectivity index (χ3v) is 15.6. The summed E-state index contributed by atoms with van der Waals surface area (Å²) < 4.78 is 2.38. The van der Waals surface area contributed by atoms with Crippen molar-refractivity contribution in [1.82, 2.24) is 9.97 Å². The van der Waals surface area contributed by atoms with E-state index in [2.05, 4.69) is 121 Å². The zero-order valence-corrected chi connectivity index (χ0v) is 41.0. The molecule has 0 saturated carbocycles. The van der Waals surface area contributed by atoms with Crippen LogP contribution in [0.2, 0.25) is 19.6 Å². The van der Waals surface area contributed by atoms with Gasteiger partial charge in [0, 0.05) is 57.5 Å². The number of hydrogen-bond acceptors (Lipinski definition) is 5. The topological polar surface area (TPSA) is 63.1 Å². The van der Waals surface area contributed by atoms with E-state index >= 15 is 0 Å². The normalized spacial score (nSPS) is 12.8. The van der Waals surface area contributed by atoms with Crippen molar-refractivity contribution < 1.29 is 30.0 Å². The predicted molar refractivity (Wildman–Crippen MR) is 246 cm³/mol. The van der Waals surface area contributed by atoms with Crippen LogP contribution in [0.25, 0.3) is 53.5 Å². The monoisotopic (exact) mass is 976 g/mol. The average Bonchev–Trinajstić information content (AvgIpc) is 3.54. The zero-order chi connectivity index (χ0) is 41.4. The molecule has 7 heteroatoms. The van der Waals surface area contributed by atoms with Crippen molar-refractivity contribution >= 4 is 61.5 Å². The van der Waals surface area contributed by atoms with Crippen molar-refractivity contribution in [2.75, 3.05) is 0 Å². The number of aliphatic hydroxyl groups excluding tert-OH is 1. The number of aromatic nitrogens is 2. The number of aryl methyl sites for hydroxylation is 2. The Bertz CT molecular complexity index is 2400. The third kappa shape index (κ3) is 9.54. The predicted octanol–water partition coefficient (Wildman–Crippen LogP) is 14.2. The maximum atomic E-state index is 12.2. The fourth-order valence-corrected chi connectivity index (χ4v) is 10.2. The molecule has 4 aromatic carbocycles.